The summed E-state index contributed by atoms with van der Waals surface area (Å²) in [4.78, 5) is -0.0215. The number of rotatable bonds is 6. The maximum Gasteiger partial charge on any atom is 0.452 e. The molecule has 1 atom stereocenters. The van der Waals surface area contributed by atoms with Gasteiger partial charge >= 0.3 is 6.18 Å². The van der Waals surface area contributed by atoms with Gasteiger partial charge in [-0.1, -0.05) is 54.5 Å². The van der Waals surface area contributed by atoms with Crippen LogP contribution in [0.25, 0.3) is 11.3 Å². The van der Waals surface area contributed by atoms with E-state index in [1.807, 2.05) is 37.3 Å². The minimum Gasteiger partial charge on any atom is -0.351 e. The Morgan fingerprint density at radius 1 is 1.10 bits per heavy atom. The summed E-state index contributed by atoms with van der Waals surface area (Å²) >= 11 is 0. The van der Waals surface area contributed by atoms with Gasteiger partial charge in [-0.25, -0.2) is 13.1 Å². The Morgan fingerprint density at radius 3 is 2.41 bits per heavy atom. The number of benzene rings is 2. The predicted octanol–water partition coefficient (Wildman–Crippen LogP) is 4.75. The van der Waals surface area contributed by atoms with Crippen molar-refractivity contribution in [1.29, 1.82) is 0 Å². The number of alkyl halides is 3. The van der Waals surface area contributed by atoms with Crippen LogP contribution in [0.3, 0.4) is 0 Å². The summed E-state index contributed by atoms with van der Waals surface area (Å²) in [5, 5.41) is 3.41. The van der Waals surface area contributed by atoms with Crippen molar-refractivity contribution in [2.45, 2.75) is 30.8 Å². The Kier molecular flexibility index (Phi) is 5.81. The van der Waals surface area contributed by atoms with Gasteiger partial charge in [0.1, 0.15) is 5.69 Å². The van der Waals surface area contributed by atoms with Crippen molar-refractivity contribution in [2.24, 2.45) is 0 Å². The van der Waals surface area contributed by atoms with Gasteiger partial charge in [0.25, 0.3) is 0 Å². The van der Waals surface area contributed by atoms with E-state index < -0.39 is 22.0 Å². The zero-order valence-electron chi connectivity index (χ0n) is 15.7. The fraction of sp³-hybridized carbons (Fsp3) is 0.250. The monoisotopic (exact) mass is 424 g/mol. The van der Waals surface area contributed by atoms with Gasteiger partial charge in [-0.05, 0) is 30.0 Å². The first kappa shape index (κ1) is 21.1. The number of nitrogens with zero attached hydrogens (tertiary/aromatic N) is 1. The molecule has 1 N–H and O–H groups in total. The zero-order valence-corrected chi connectivity index (χ0v) is 16.5. The van der Waals surface area contributed by atoms with Gasteiger partial charge in [-0.2, -0.15) is 13.2 Å². The number of sulfonamides is 1. The largest absolute Gasteiger partial charge is 0.452 e. The van der Waals surface area contributed by atoms with E-state index in [1.54, 1.807) is 6.92 Å². The minimum absolute atomic E-state index is 0.0215. The van der Waals surface area contributed by atoms with Gasteiger partial charge in [-0.15, -0.1) is 0 Å². The van der Waals surface area contributed by atoms with E-state index in [4.69, 9.17) is 0 Å². The highest BCUT2D eigenvalue weighted by atomic mass is 32.2. The summed E-state index contributed by atoms with van der Waals surface area (Å²) in [6.07, 6.45) is -4.67. The zero-order chi connectivity index (χ0) is 21.2. The van der Waals surface area contributed by atoms with E-state index in [9.17, 15) is 21.6 Å². The maximum atomic E-state index is 12.8. The van der Waals surface area contributed by atoms with Crippen molar-refractivity contribution in [3.05, 3.63) is 71.5 Å². The predicted molar refractivity (Wildman–Crippen MR) is 102 cm³/mol. The summed E-state index contributed by atoms with van der Waals surface area (Å²) in [7, 11) is -3.88. The van der Waals surface area contributed by atoms with Crippen LogP contribution in [-0.4, -0.2) is 20.1 Å². The normalized spacial score (nSPS) is 13.4. The van der Waals surface area contributed by atoms with E-state index in [-0.39, 0.29) is 28.6 Å². The second kappa shape index (κ2) is 8.00. The first-order valence-electron chi connectivity index (χ1n) is 8.77. The molecular weight excluding hydrogens is 405 g/mol. The topological polar surface area (TPSA) is 72.2 Å². The third kappa shape index (κ3) is 4.86. The average molecular weight is 424 g/mol. The lowest BCUT2D eigenvalue weighted by molar-refractivity contribution is -0.155. The van der Waals surface area contributed by atoms with Gasteiger partial charge in [-0.3, -0.25) is 0 Å². The summed E-state index contributed by atoms with van der Waals surface area (Å²) in [6.45, 7) is 3.69. The molecule has 154 valence electrons. The van der Waals surface area contributed by atoms with Crippen molar-refractivity contribution in [1.82, 2.24) is 9.88 Å². The highest BCUT2D eigenvalue weighted by molar-refractivity contribution is 7.89. The molecule has 1 heterocycles. The Bertz CT molecular complexity index is 1090. The minimum atomic E-state index is -4.67. The standard InChI is InChI=1S/C20H19F3N2O3S/c1-13-8-9-16(17-11-19(28-25-17)20(21,22)23)10-18(13)29(26,27)24-12-14(2)15-6-4-3-5-7-15/h3-11,14,24H,12H2,1-2H3/t14-/m0/s1. The van der Waals surface area contributed by atoms with Crippen molar-refractivity contribution in [3.8, 4) is 11.3 Å². The van der Waals surface area contributed by atoms with Gasteiger partial charge in [0, 0.05) is 18.2 Å². The molecule has 0 aliphatic rings. The quantitative estimate of drug-likeness (QED) is 0.620. The molecule has 0 saturated heterocycles. The number of nitrogens with one attached hydrogen (secondary N) is 1. The number of hydrogen-bond acceptors (Lipinski definition) is 4. The van der Waals surface area contributed by atoms with E-state index in [0.29, 0.717) is 5.56 Å². The second-order valence-corrected chi connectivity index (χ2v) is 8.45. The molecule has 3 aromatic rings. The fourth-order valence-electron chi connectivity index (χ4n) is 2.81. The highest BCUT2D eigenvalue weighted by Crippen LogP contribution is 2.33. The molecule has 5 nitrogen and oxygen atoms in total. The third-order valence-corrected chi connectivity index (χ3v) is 6.08. The molecule has 0 fully saturated rings. The first-order valence-corrected chi connectivity index (χ1v) is 10.3. The Morgan fingerprint density at radius 2 is 1.79 bits per heavy atom. The summed E-state index contributed by atoms with van der Waals surface area (Å²) < 4.78 is 70.7. The molecule has 0 radical (unpaired) electrons. The van der Waals surface area contributed by atoms with Crippen molar-refractivity contribution in [3.63, 3.8) is 0 Å². The number of halogens is 3. The molecule has 0 spiro atoms. The van der Waals surface area contributed by atoms with Crippen LogP contribution in [0.5, 0.6) is 0 Å². The van der Waals surface area contributed by atoms with Crippen LogP contribution in [0.2, 0.25) is 0 Å². The van der Waals surface area contributed by atoms with Gasteiger partial charge in [0.2, 0.25) is 15.8 Å². The molecule has 29 heavy (non-hydrogen) atoms. The number of hydrogen-bond donors (Lipinski definition) is 1. The summed E-state index contributed by atoms with van der Waals surface area (Å²) in [6, 6.07) is 14.5. The van der Waals surface area contributed by atoms with E-state index in [0.717, 1.165) is 11.6 Å². The molecule has 2 aromatic carbocycles. The number of aryl methyl sites for hydroxylation is 1. The lowest BCUT2D eigenvalue weighted by Gasteiger charge is -2.15. The molecule has 9 heteroatoms. The average Bonchev–Trinajstić information content (AvgIpc) is 3.18. The molecule has 1 aromatic heterocycles. The molecule has 3 rings (SSSR count). The van der Waals surface area contributed by atoms with E-state index in [2.05, 4.69) is 14.4 Å². The van der Waals surface area contributed by atoms with Crippen molar-refractivity contribution < 1.29 is 26.1 Å². The summed E-state index contributed by atoms with van der Waals surface area (Å²) in [5.41, 5.74) is 1.58. The van der Waals surface area contributed by atoms with Crippen molar-refractivity contribution in [2.75, 3.05) is 6.54 Å². The Hall–Kier alpha value is -2.65. The van der Waals surface area contributed by atoms with Crippen molar-refractivity contribution >= 4 is 10.0 Å². The molecule has 0 bridgehead atoms. The molecule has 0 unspecified atom stereocenters. The van der Waals surface area contributed by atoms with Gasteiger partial charge in [0.05, 0.1) is 4.90 Å². The van der Waals surface area contributed by atoms with Crippen LogP contribution in [0.4, 0.5) is 13.2 Å². The third-order valence-electron chi connectivity index (χ3n) is 4.51. The molecular formula is C20H19F3N2O3S. The highest BCUT2D eigenvalue weighted by Gasteiger charge is 2.36. The number of aromatic nitrogens is 1. The maximum absolute atomic E-state index is 12.8. The van der Waals surface area contributed by atoms with Gasteiger partial charge < -0.3 is 4.52 Å². The summed E-state index contributed by atoms with van der Waals surface area (Å²) in [5.74, 6) is -1.30. The van der Waals surface area contributed by atoms with Gasteiger partial charge in [0.15, 0.2) is 0 Å². The van der Waals surface area contributed by atoms with Crippen LogP contribution >= 0.6 is 0 Å². The van der Waals surface area contributed by atoms with Crippen LogP contribution in [0.1, 0.15) is 29.7 Å². The van der Waals surface area contributed by atoms with Crippen LogP contribution in [0, 0.1) is 6.92 Å². The van der Waals surface area contributed by atoms with Crippen LogP contribution in [-0.2, 0) is 16.2 Å². The van der Waals surface area contributed by atoms with Crippen LogP contribution < -0.4 is 4.72 Å². The lowest BCUT2D eigenvalue weighted by atomic mass is 10.0. The lowest BCUT2D eigenvalue weighted by Crippen LogP contribution is -2.28. The van der Waals surface area contributed by atoms with E-state index >= 15 is 0 Å². The Balaban J connectivity index is 1.84. The molecule has 0 aliphatic heterocycles. The SMILES string of the molecule is Cc1ccc(-c2cc(C(F)(F)F)on2)cc1S(=O)(=O)NC[C@H](C)c1ccccc1. The van der Waals surface area contributed by atoms with Crippen LogP contribution in [0.15, 0.2) is 64.0 Å². The molecule has 0 aliphatic carbocycles. The second-order valence-electron chi connectivity index (χ2n) is 6.72. The molecule has 0 saturated carbocycles. The molecule has 0 amide bonds. The van der Waals surface area contributed by atoms with E-state index in [1.165, 1.54) is 18.2 Å². The first-order chi connectivity index (χ1) is 13.6. The smallest absolute Gasteiger partial charge is 0.351 e. The Labute approximate surface area is 166 Å². The fourth-order valence-corrected chi connectivity index (χ4v) is 4.20.